The molecule has 0 atom stereocenters. The van der Waals surface area contributed by atoms with Gasteiger partial charge in [-0.25, -0.2) is 9.97 Å². The van der Waals surface area contributed by atoms with Crippen LogP contribution in [0.1, 0.15) is 11.4 Å². The minimum absolute atomic E-state index is 0.183. The van der Waals surface area contributed by atoms with E-state index in [1.54, 1.807) is 12.3 Å². The van der Waals surface area contributed by atoms with E-state index in [9.17, 15) is 5.11 Å². The molecule has 1 aromatic heterocycles. The normalized spacial score (nSPS) is 11.1. The summed E-state index contributed by atoms with van der Waals surface area (Å²) in [6.07, 6.45) is 1.61. The number of hydrazone groups is 1. The maximum Gasteiger partial charge on any atom is 0.150 e. The van der Waals surface area contributed by atoms with E-state index in [1.165, 1.54) is 0 Å². The molecule has 0 spiro atoms. The van der Waals surface area contributed by atoms with Crippen molar-refractivity contribution in [2.75, 3.05) is 5.43 Å². The predicted octanol–water partition coefficient (Wildman–Crippen LogP) is 4.76. The van der Waals surface area contributed by atoms with Gasteiger partial charge in [0.05, 0.1) is 11.9 Å². The summed E-state index contributed by atoms with van der Waals surface area (Å²) in [5, 5.41) is 16.5. The van der Waals surface area contributed by atoms with Crippen molar-refractivity contribution in [2.24, 2.45) is 5.10 Å². The standard InChI is InChI=1S/C22H18N4O/c1-15-24-20(17-8-3-2-4-9-17)13-22(25-15)26-23-14-19-18-10-6-5-7-16(18)11-12-21(19)27/h2-14,27H,1H3,(H,24,25,26)/b23-14+. The molecule has 3 aromatic carbocycles. The van der Waals surface area contributed by atoms with E-state index in [0.717, 1.165) is 22.0 Å². The van der Waals surface area contributed by atoms with Gasteiger partial charge in [-0.1, -0.05) is 60.7 Å². The number of hydrogen-bond donors (Lipinski definition) is 2. The summed E-state index contributed by atoms with van der Waals surface area (Å²) < 4.78 is 0. The number of hydrogen-bond acceptors (Lipinski definition) is 5. The van der Waals surface area contributed by atoms with E-state index in [1.807, 2.05) is 73.7 Å². The van der Waals surface area contributed by atoms with Crippen molar-refractivity contribution in [1.82, 2.24) is 9.97 Å². The molecular weight excluding hydrogens is 336 g/mol. The van der Waals surface area contributed by atoms with Crippen LogP contribution in [0.15, 0.2) is 77.9 Å². The van der Waals surface area contributed by atoms with E-state index in [0.29, 0.717) is 17.2 Å². The molecule has 0 fully saturated rings. The van der Waals surface area contributed by atoms with E-state index in [4.69, 9.17) is 0 Å². The van der Waals surface area contributed by atoms with Crippen LogP contribution in [0, 0.1) is 6.92 Å². The third-order valence-corrected chi connectivity index (χ3v) is 4.23. The number of nitrogens with zero attached hydrogens (tertiary/aromatic N) is 3. The lowest BCUT2D eigenvalue weighted by molar-refractivity contribution is 0.475. The molecule has 0 bridgehead atoms. The molecule has 0 saturated heterocycles. The number of rotatable bonds is 4. The molecule has 0 radical (unpaired) electrons. The van der Waals surface area contributed by atoms with Crippen LogP contribution in [-0.2, 0) is 0 Å². The first-order valence-corrected chi connectivity index (χ1v) is 8.61. The highest BCUT2D eigenvalue weighted by molar-refractivity contribution is 6.02. The molecule has 27 heavy (non-hydrogen) atoms. The number of aromatic nitrogens is 2. The van der Waals surface area contributed by atoms with Gasteiger partial charge in [0.15, 0.2) is 0 Å². The number of phenols is 1. The number of aryl methyl sites for hydroxylation is 1. The van der Waals surface area contributed by atoms with Crippen LogP contribution >= 0.6 is 0 Å². The third kappa shape index (κ3) is 3.62. The number of aromatic hydroxyl groups is 1. The molecule has 4 rings (SSSR count). The third-order valence-electron chi connectivity index (χ3n) is 4.23. The average molecular weight is 354 g/mol. The van der Waals surface area contributed by atoms with Crippen LogP contribution in [0.5, 0.6) is 5.75 Å². The van der Waals surface area contributed by atoms with Gasteiger partial charge in [0, 0.05) is 17.2 Å². The molecule has 0 aliphatic carbocycles. The summed E-state index contributed by atoms with van der Waals surface area (Å²) in [5.74, 6) is 1.43. The lowest BCUT2D eigenvalue weighted by Crippen LogP contribution is -1.99. The Hall–Kier alpha value is -3.73. The van der Waals surface area contributed by atoms with Gasteiger partial charge >= 0.3 is 0 Å². The van der Waals surface area contributed by atoms with Gasteiger partial charge in [-0.3, -0.25) is 5.43 Å². The van der Waals surface area contributed by atoms with E-state index < -0.39 is 0 Å². The van der Waals surface area contributed by atoms with E-state index in [-0.39, 0.29) is 5.75 Å². The van der Waals surface area contributed by atoms with Crippen molar-refractivity contribution in [2.45, 2.75) is 6.92 Å². The zero-order chi connectivity index (χ0) is 18.6. The number of phenolic OH excluding ortho intramolecular Hbond substituents is 1. The van der Waals surface area contributed by atoms with Crippen molar-refractivity contribution in [3.8, 4) is 17.0 Å². The SMILES string of the molecule is Cc1nc(N/N=C/c2c(O)ccc3ccccc23)cc(-c2ccccc2)n1. The Morgan fingerprint density at radius 2 is 1.70 bits per heavy atom. The van der Waals surface area contributed by atoms with Crippen molar-refractivity contribution in [1.29, 1.82) is 0 Å². The lowest BCUT2D eigenvalue weighted by Gasteiger charge is -2.07. The lowest BCUT2D eigenvalue weighted by atomic mass is 10.0. The van der Waals surface area contributed by atoms with Crippen LogP contribution in [-0.4, -0.2) is 21.3 Å². The molecule has 4 aromatic rings. The van der Waals surface area contributed by atoms with Gasteiger partial charge in [-0.15, -0.1) is 0 Å². The maximum absolute atomic E-state index is 10.2. The Labute approximate surface area is 157 Å². The number of nitrogens with one attached hydrogen (secondary N) is 1. The molecule has 5 nitrogen and oxygen atoms in total. The monoisotopic (exact) mass is 354 g/mol. The molecule has 132 valence electrons. The molecule has 0 amide bonds. The summed E-state index contributed by atoms with van der Waals surface area (Å²) >= 11 is 0. The molecule has 1 heterocycles. The Kier molecular flexibility index (Phi) is 4.49. The van der Waals surface area contributed by atoms with Crippen molar-refractivity contribution < 1.29 is 5.11 Å². The molecule has 0 unspecified atom stereocenters. The van der Waals surface area contributed by atoms with Crippen molar-refractivity contribution in [3.63, 3.8) is 0 Å². The summed E-state index contributed by atoms with van der Waals surface area (Å²) in [6, 6.07) is 23.2. The molecular formula is C22H18N4O. The molecule has 0 aliphatic heterocycles. The summed E-state index contributed by atoms with van der Waals surface area (Å²) in [5.41, 5.74) is 5.45. The van der Waals surface area contributed by atoms with Crippen molar-refractivity contribution in [3.05, 3.63) is 84.2 Å². The van der Waals surface area contributed by atoms with Crippen LogP contribution in [0.4, 0.5) is 5.82 Å². The highest BCUT2D eigenvalue weighted by Gasteiger charge is 2.06. The molecule has 0 saturated carbocycles. The topological polar surface area (TPSA) is 70.4 Å². The van der Waals surface area contributed by atoms with Gasteiger partial charge in [0.2, 0.25) is 0 Å². The van der Waals surface area contributed by atoms with Gasteiger partial charge in [-0.05, 0) is 23.8 Å². The molecule has 5 heteroatoms. The van der Waals surface area contributed by atoms with Crippen molar-refractivity contribution >= 4 is 22.8 Å². The Morgan fingerprint density at radius 1 is 0.926 bits per heavy atom. The predicted molar refractivity (Wildman–Crippen MR) is 109 cm³/mol. The molecule has 0 aliphatic rings. The van der Waals surface area contributed by atoms with E-state index >= 15 is 0 Å². The Bertz CT molecular complexity index is 1120. The Balaban J connectivity index is 1.63. The fraction of sp³-hybridized carbons (Fsp3) is 0.0455. The second kappa shape index (κ2) is 7.25. The van der Waals surface area contributed by atoms with Crippen LogP contribution < -0.4 is 5.43 Å². The smallest absolute Gasteiger partial charge is 0.150 e. The van der Waals surface area contributed by atoms with E-state index in [2.05, 4.69) is 20.5 Å². The Morgan fingerprint density at radius 3 is 2.56 bits per heavy atom. The minimum atomic E-state index is 0.183. The average Bonchev–Trinajstić information content (AvgIpc) is 2.70. The van der Waals surface area contributed by atoms with Gasteiger partial charge in [0.25, 0.3) is 0 Å². The summed E-state index contributed by atoms with van der Waals surface area (Å²) in [4.78, 5) is 8.86. The highest BCUT2D eigenvalue weighted by atomic mass is 16.3. The minimum Gasteiger partial charge on any atom is -0.507 e. The largest absolute Gasteiger partial charge is 0.507 e. The second-order valence-electron chi connectivity index (χ2n) is 6.14. The number of fused-ring (bicyclic) bond motifs is 1. The van der Waals surface area contributed by atoms with Gasteiger partial charge in [0.1, 0.15) is 17.4 Å². The first-order valence-electron chi connectivity index (χ1n) is 8.61. The zero-order valence-corrected chi connectivity index (χ0v) is 14.8. The maximum atomic E-state index is 10.2. The molecule has 2 N–H and O–H groups in total. The number of anilines is 1. The fourth-order valence-electron chi connectivity index (χ4n) is 2.96. The van der Waals surface area contributed by atoms with Gasteiger partial charge in [-0.2, -0.15) is 5.10 Å². The van der Waals surface area contributed by atoms with Crippen LogP contribution in [0.25, 0.3) is 22.0 Å². The summed E-state index contributed by atoms with van der Waals surface area (Å²) in [7, 11) is 0. The zero-order valence-electron chi connectivity index (χ0n) is 14.8. The first-order chi connectivity index (χ1) is 13.2. The van der Waals surface area contributed by atoms with Crippen LogP contribution in [0.3, 0.4) is 0 Å². The fourth-order valence-corrected chi connectivity index (χ4v) is 2.96. The first kappa shape index (κ1) is 16.7. The quantitative estimate of drug-likeness (QED) is 0.410. The van der Waals surface area contributed by atoms with Gasteiger partial charge < -0.3 is 5.11 Å². The number of benzene rings is 3. The highest BCUT2D eigenvalue weighted by Crippen LogP contribution is 2.25. The van der Waals surface area contributed by atoms with Crippen LogP contribution in [0.2, 0.25) is 0 Å². The second-order valence-corrected chi connectivity index (χ2v) is 6.14. The summed E-state index contributed by atoms with van der Waals surface area (Å²) in [6.45, 7) is 1.85.